The molecule has 0 unspecified atom stereocenters. The predicted octanol–water partition coefficient (Wildman–Crippen LogP) is 1.21. The summed E-state index contributed by atoms with van der Waals surface area (Å²) in [7, 11) is -4.07. The van der Waals surface area contributed by atoms with Crippen LogP contribution in [-0.2, 0) is 14.9 Å². The summed E-state index contributed by atoms with van der Waals surface area (Å²) in [4.78, 5) is 11.5. The van der Waals surface area contributed by atoms with Crippen molar-refractivity contribution >= 4 is 16.0 Å². The van der Waals surface area contributed by atoms with Crippen molar-refractivity contribution in [2.24, 2.45) is 5.92 Å². The average Bonchev–Trinajstić information content (AvgIpc) is 1.94. The molecule has 0 saturated carbocycles. The molecule has 0 aromatic rings. The van der Waals surface area contributed by atoms with Gasteiger partial charge in [-0.2, -0.15) is 8.42 Å². The molecule has 0 aromatic heterocycles. The summed E-state index contributed by atoms with van der Waals surface area (Å²) in [6.07, 6.45) is 1.13. The Bertz CT molecular complexity index is 333. The van der Waals surface area contributed by atoms with Gasteiger partial charge in [0.15, 0.2) is 0 Å². The second-order valence-corrected chi connectivity index (χ2v) is 6.54. The zero-order valence-corrected chi connectivity index (χ0v) is 11.1. The van der Waals surface area contributed by atoms with Gasteiger partial charge in [-0.3, -0.25) is 9.35 Å². The van der Waals surface area contributed by atoms with Gasteiger partial charge in [0.1, 0.15) is 0 Å². The van der Waals surface area contributed by atoms with Crippen molar-refractivity contribution in [2.75, 3.05) is 5.75 Å². The molecule has 0 spiro atoms. The van der Waals surface area contributed by atoms with Crippen LogP contribution in [0.2, 0.25) is 0 Å². The third-order valence-electron chi connectivity index (χ3n) is 1.97. The van der Waals surface area contributed by atoms with E-state index in [0.29, 0.717) is 12.3 Å². The normalized spacial score (nSPS) is 12.9. The van der Waals surface area contributed by atoms with Crippen LogP contribution in [0.5, 0.6) is 0 Å². The van der Waals surface area contributed by atoms with Gasteiger partial charge < -0.3 is 5.32 Å². The van der Waals surface area contributed by atoms with Crippen LogP contribution in [0, 0.1) is 5.92 Å². The van der Waals surface area contributed by atoms with Crippen LogP contribution in [0.15, 0.2) is 0 Å². The van der Waals surface area contributed by atoms with E-state index in [1.54, 1.807) is 13.8 Å². The molecule has 0 aromatic carbocycles. The van der Waals surface area contributed by atoms with Crippen LogP contribution in [0.4, 0.5) is 0 Å². The van der Waals surface area contributed by atoms with E-state index in [2.05, 4.69) is 5.32 Å². The molecule has 96 valence electrons. The molecule has 16 heavy (non-hydrogen) atoms. The second-order valence-electron chi connectivity index (χ2n) is 5.09. The van der Waals surface area contributed by atoms with Crippen molar-refractivity contribution in [3.05, 3.63) is 0 Å². The Balaban J connectivity index is 4.21. The second kappa shape index (κ2) is 5.63. The van der Waals surface area contributed by atoms with E-state index < -0.39 is 21.4 Å². The molecule has 0 aliphatic heterocycles. The fraction of sp³-hybridized carbons (Fsp3) is 0.900. The van der Waals surface area contributed by atoms with Gasteiger partial charge in [0.05, 0.1) is 11.3 Å². The Morgan fingerprint density at radius 3 is 2.25 bits per heavy atom. The Labute approximate surface area is 97.4 Å². The maximum Gasteiger partial charge on any atom is 0.267 e. The van der Waals surface area contributed by atoms with Crippen LogP contribution < -0.4 is 5.32 Å². The topological polar surface area (TPSA) is 83.5 Å². The van der Waals surface area contributed by atoms with Crippen LogP contribution in [0.1, 0.15) is 40.5 Å². The first kappa shape index (κ1) is 15.4. The van der Waals surface area contributed by atoms with Crippen molar-refractivity contribution in [3.8, 4) is 0 Å². The monoisotopic (exact) mass is 251 g/mol. The van der Waals surface area contributed by atoms with E-state index in [-0.39, 0.29) is 5.91 Å². The average molecular weight is 251 g/mol. The summed E-state index contributed by atoms with van der Waals surface area (Å²) in [6, 6.07) is 0. The molecular formula is C10H21NO4S. The lowest BCUT2D eigenvalue weighted by molar-refractivity contribution is -0.122. The number of hydrogen-bond donors (Lipinski definition) is 2. The lowest BCUT2D eigenvalue weighted by Gasteiger charge is -2.24. The first-order chi connectivity index (χ1) is 7.02. The highest BCUT2D eigenvalue weighted by molar-refractivity contribution is 7.85. The van der Waals surface area contributed by atoms with Crippen molar-refractivity contribution in [1.29, 1.82) is 0 Å². The molecule has 2 N–H and O–H groups in total. The van der Waals surface area contributed by atoms with Crippen molar-refractivity contribution in [2.45, 2.75) is 46.1 Å². The minimum absolute atomic E-state index is 0.192. The third kappa shape index (κ3) is 8.67. The Kier molecular flexibility index (Phi) is 5.41. The van der Waals surface area contributed by atoms with Crippen LogP contribution >= 0.6 is 0 Å². The molecule has 0 heterocycles. The standard InChI is InChI=1S/C10H21NO4S/c1-8(2)5-6-9(12)11-10(3,4)7-16(13,14)15/h8H,5-7H2,1-4H3,(H,11,12)(H,13,14,15). The molecule has 0 saturated heterocycles. The lowest BCUT2D eigenvalue weighted by atomic mass is 10.1. The van der Waals surface area contributed by atoms with Crippen LogP contribution in [0.25, 0.3) is 0 Å². The van der Waals surface area contributed by atoms with Gasteiger partial charge in [0, 0.05) is 6.42 Å². The smallest absolute Gasteiger partial charge is 0.267 e. The summed E-state index contributed by atoms with van der Waals surface area (Å²) in [5.74, 6) is -0.245. The van der Waals surface area contributed by atoms with Gasteiger partial charge >= 0.3 is 0 Å². The zero-order valence-electron chi connectivity index (χ0n) is 10.3. The van der Waals surface area contributed by atoms with E-state index in [9.17, 15) is 13.2 Å². The first-order valence-electron chi connectivity index (χ1n) is 5.28. The van der Waals surface area contributed by atoms with Crippen LogP contribution in [0.3, 0.4) is 0 Å². The molecule has 0 fully saturated rings. The molecule has 5 nitrogen and oxygen atoms in total. The quantitative estimate of drug-likeness (QED) is 0.695. The van der Waals surface area contributed by atoms with Crippen molar-refractivity contribution in [3.63, 3.8) is 0 Å². The molecule has 0 aliphatic rings. The minimum Gasteiger partial charge on any atom is -0.350 e. The van der Waals surface area contributed by atoms with Gasteiger partial charge in [-0.25, -0.2) is 0 Å². The number of hydrogen-bond acceptors (Lipinski definition) is 3. The molecular weight excluding hydrogens is 230 g/mol. The van der Waals surface area contributed by atoms with Gasteiger partial charge in [-0.1, -0.05) is 13.8 Å². The summed E-state index contributed by atoms with van der Waals surface area (Å²) in [5, 5.41) is 2.59. The van der Waals surface area contributed by atoms with E-state index in [0.717, 1.165) is 6.42 Å². The van der Waals surface area contributed by atoms with E-state index in [1.165, 1.54) is 0 Å². The van der Waals surface area contributed by atoms with Crippen molar-refractivity contribution < 1.29 is 17.8 Å². The van der Waals surface area contributed by atoms with Gasteiger partial charge in [0.2, 0.25) is 5.91 Å². The summed E-state index contributed by atoms with van der Waals surface area (Å²) in [6.45, 7) is 7.15. The lowest BCUT2D eigenvalue weighted by Crippen LogP contribution is -2.48. The Morgan fingerprint density at radius 1 is 1.38 bits per heavy atom. The molecule has 6 heteroatoms. The summed E-state index contributed by atoms with van der Waals surface area (Å²) >= 11 is 0. The molecule has 1 amide bonds. The number of carbonyl (C=O) groups is 1. The molecule has 0 radical (unpaired) electrons. The molecule has 0 aliphatic carbocycles. The van der Waals surface area contributed by atoms with Gasteiger partial charge in [-0.15, -0.1) is 0 Å². The Morgan fingerprint density at radius 2 is 1.88 bits per heavy atom. The van der Waals surface area contributed by atoms with E-state index >= 15 is 0 Å². The number of carbonyl (C=O) groups excluding carboxylic acids is 1. The summed E-state index contributed by atoms with van der Waals surface area (Å²) in [5.41, 5.74) is -0.943. The van der Waals surface area contributed by atoms with E-state index in [4.69, 9.17) is 4.55 Å². The number of amides is 1. The fourth-order valence-electron chi connectivity index (χ4n) is 1.35. The maximum atomic E-state index is 11.5. The van der Waals surface area contributed by atoms with Gasteiger partial charge in [-0.05, 0) is 26.2 Å². The number of nitrogens with one attached hydrogen (secondary N) is 1. The zero-order chi connectivity index (χ0) is 13.0. The third-order valence-corrected chi connectivity index (χ3v) is 3.06. The van der Waals surface area contributed by atoms with Crippen molar-refractivity contribution in [1.82, 2.24) is 5.32 Å². The highest BCUT2D eigenvalue weighted by Gasteiger charge is 2.26. The van der Waals surface area contributed by atoms with E-state index in [1.807, 2.05) is 13.8 Å². The molecule has 0 rings (SSSR count). The summed E-state index contributed by atoms with van der Waals surface area (Å²) < 4.78 is 30.1. The van der Waals surface area contributed by atoms with Crippen LogP contribution in [-0.4, -0.2) is 30.2 Å². The van der Waals surface area contributed by atoms with Gasteiger partial charge in [0.25, 0.3) is 10.1 Å². The molecule has 0 atom stereocenters. The highest BCUT2D eigenvalue weighted by atomic mass is 32.2. The highest BCUT2D eigenvalue weighted by Crippen LogP contribution is 2.08. The molecule has 0 bridgehead atoms. The Hall–Kier alpha value is -0.620. The fourth-order valence-corrected chi connectivity index (χ4v) is 2.34. The minimum atomic E-state index is -4.07. The first-order valence-corrected chi connectivity index (χ1v) is 6.89. The largest absolute Gasteiger partial charge is 0.350 e. The maximum absolute atomic E-state index is 11.5. The predicted molar refractivity (Wildman–Crippen MR) is 62.7 cm³/mol. The SMILES string of the molecule is CC(C)CCC(=O)NC(C)(C)CS(=O)(=O)O. The number of rotatable bonds is 6.